The van der Waals surface area contributed by atoms with Gasteiger partial charge in [0.25, 0.3) is 6.43 Å². The van der Waals surface area contributed by atoms with Crippen molar-refractivity contribution in [3.63, 3.8) is 0 Å². The van der Waals surface area contributed by atoms with Crippen molar-refractivity contribution in [1.82, 2.24) is 5.32 Å². The van der Waals surface area contributed by atoms with Gasteiger partial charge in [0.1, 0.15) is 11.9 Å². The van der Waals surface area contributed by atoms with Gasteiger partial charge in [-0.3, -0.25) is 0 Å². The molecule has 30 heavy (non-hydrogen) atoms. The maximum Gasteiger partial charge on any atom is 0.268 e. The molecule has 5 nitrogen and oxygen atoms in total. The van der Waals surface area contributed by atoms with Crippen molar-refractivity contribution in [2.45, 2.75) is 50.9 Å². The van der Waals surface area contributed by atoms with Gasteiger partial charge in [-0.1, -0.05) is 49.2 Å². The van der Waals surface area contributed by atoms with Crippen LogP contribution in [0.5, 0.6) is 5.75 Å². The average Bonchev–Trinajstić information content (AvgIpc) is 2.75. The first-order valence-corrected chi connectivity index (χ1v) is 10.3. The van der Waals surface area contributed by atoms with E-state index in [1.165, 1.54) is 6.07 Å². The van der Waals surface area contributed by atoms with Gasteiger partial charge in [0.2, 0.25) is 0 Å². The Morgan fingerprint density at radius 1 is 0.933 bits per heavy atom. The third-order valence-corrected chi connectivity index (χ3v) is 4.90. The second-order valence-electron chi connectivity index (χ2n) is 7.22. The summed E-state index contributed by atoms with van der Waals surface area (Å²) in [5, 5.41) is 32.1. The van der Waals surface area contributed by atoms with Gasteiger partial charge in [-0.05, 0) is 42.6 Å². The molecule has 0 aliphatic rings. The van der Waals surface area contributed by atoms with E-state index in [-0.39, 0.29) is 12.4 Å². The van der Waals surface area contributed by atoms with Crippen molar-refractivity contribution in [3.8, 4) is 5.75 Å². The van der Waals surface area contributed by atoms with Crippen molar-refractivity contribution in [1.29, 1.82) is 0 Å². The number of aliphatic hydroxyl groups excluding tert-OH is 2. The number of benzene rings is 2. The summed E-state index contributed by atoms with van der Waals surface area (Å²) in [5.41, 5.74) is 1.51. The number of aliphatic hydroxyl groups is 2. The highest BCUT2D eigenvalue weighted by Crippen LogP contribution is 2.25. The second-order valence-corrected chi connectivity index (χ2v) is 7.22. The van der Waals surface area contributed by atoms with Crippen LogP contribution in [0.3, 0.4) is 0 Å². The Kier molecular flexibility index (Phi) is 10.7. The molecule has 2 aromatic rings. The summed E-state index contributed by atoms with van der Waals surface area (Å²) in [6.45, 7) is 1.11. The van der Waals surface area contributed by atoms with Crippen LogP contribution in [0, 0.1) is 0 Å². The molecule has 7 heteroatoms. The van der Waals surface area contributed by atoms with Crippen LogP contribution in [-0.2, 0) is 11.3 Å². The summed E-state index contributed by atoms with van der Waals surface area (Å²) in [6.07, 6.45) is -1.02. The van der Waals surface area contributed by atoms with Crippen LogP contribution in [0.1, 0.15) is 54.6 Å². The molecule has 0 aliphatic carbocycles. The van der Waals surface area contributed by atoms with Crippen molar-refractivity contribution in [2.24, 2.45) is 0 Å². The number of aromatic hydroxyl groups is 1. The first kappa shape index (κ1) is 24.2. The number of halogens is 2. The van der Waals surface area contributed by atoms with Crippen LogP contribution in [-0.4, -0.2) is 41.4 Å². The molecule has 0 heterocycles. The summed E-state index contributed by atoms with van der Waals surface area (Å²) in [7, 11) is 0. The Hall–Kier alpha value is -2.06. The van der Waals surface area contributed by atoms with Crippen molar-refractivity contribution >= 4 is 0 Å². The van der Waals surface area contributed by atoms with Gasteiger partial charge in [0.15, 0.2) is 0 Å². The monoisotopic (exact) mass is 423 g/mol. The quantitative estimate of drug-likeness (QED) is 0.344. The van der Waals surface area contributed by atoms with Crippen LogP contribution in [0.2, 0.25) is 0 Å². The van der Waals surface area contributed by atoms with E-state index in [1.54, 1.807) is 42.5 Å². The largest absolute Gasteiger partial charge is 0.508 e. The fourth-order valence-corrected chi connectivity index (χ4v) is 3.17. The fraction of sp³-hybridized carbons (Fsp3) is 0.478. The van der Waals surface area contributed by atoms with Crippen molar-refractivity contribution < 1.29 is 28.8 Å². The van der Waals surface area contributed by atoms with E-state index in [9.17, 15) is 24.1 Å². The summed E-state index contributed by atoms with van der Waals surface area (Å²) < 4.78 is 31.7. The lowest BCUT2D eigenvalue weighted by atomic mass is 10.1. The fourth-order valence-electron chi connectivity index (χ4n) is 3.17. The van der Waals surface area contributed by atoms with E-state index in [2.05, 4.69) is 5.32 Å². The first-order chi connectivity index (χ1) is 14.5. The number of hydrogen-bond donors (Lipinski definition) is 4. The lowest BCUT2D eigenvalue weighted by Crippen LogP contribution is -2.22. The van der Waals surface area contributed by atoms with Crippen molar-refractivity contribution in [2.75, 3.05) is 19.7 Å². The zero-order valence-electron chi connectivity index (χ0n) is 17.0. The summed E-state index contributed by atoms with van der Waals surface area (Å²) in [4.78, 5) is 0. The van der Waals surface area contributed by atoms with Gasteiger partial charge < -0.3 is 25.4 Å². The van der Waals surface area contributed by atoms with Gasteiger partial charge in [-0.15, -0.1) is 0 Å². The van der Waals surface area contributed by atoms with E-state index in [0.29, 0.717) is 29.8 Å². The van der Waals surface area contributed by atoms with E-state index < -0.39 is 18.6 Å². The predicted molar refractivity (Wildman–Crippen MR) is 111 cm³/mol. The number of nitrogens with one attached hydrogen (secondary N) is 1. The maximum absolute atomic E-state index is 13.2. The van der Waals surface area contributed by atoms with E-state index >= 15 is 0 Å². The molecule has 0 spiro atoms. The highest BCUT2D eigenvalue weighted by atomic mass is 19.3. The number of alkyl halides is 2. The normalized spacial score (nSPS) is 13.5. The summed E-state index contributed by atoms with van der Waals surface area (Å²) in [5.74, 6) is 0.00836. The molecular weight excluding hydrogens is 392 g/mol. The highest BCUT2D eigenvalue weighted by molar-refractivity contribution is 5.36. The Balaban J connectivity index is 1.55. The van der Waals surface area contributed by atoms with E-state index in [4.69, 9.17) is 4.74 Å². The molecule has 0 saturated carbocycles. The maximum atomic E-state index is 13.2. The molecule has 4 N–H and O–H groups in total. The zero-order valence-corrected chi connectivity index (χ0v) is 17.0. The average molecular weight is 423 g/mol. The molecule has 0 saturated heterocycles. The van der Waals surface area contributed by atoms with Gasteiger partial charge in [-0.25, -0.2) is 8.78 Å². The Morgan fingerprint density at radius 3 is 2.37 bits per heavy atom. The molecule has 2 unspecified atom stereocenters. The minimum Gasteiger partial charge on any atom is -0.508 e. The van der Waals surface area contributed by atoms with E-state index in [0.717, 1.165) is 32.2 Å². The predicted octanol–water partition coefficient (Wildman–Crippen LogP) is 4.09. The zero-order chi connectivity index (χ0) is 21.8. The third-order valence-electron chi connectivity index (χ3n) is 4.90. The molecule has 0 amide bonds. The SMILES string of the molecule is OCc1cc(C(O)CNCCCCCCOC(c2ccccc2)C(F)F)ccc1O. The molecule has 0 fully saturated rings. The number of unbranched alkanes of at least 4 members (excludes halogenated alkanes) is 3. The summed E-state index contributed by atoms with van der Waals surface area (Å²) in [6, 6.07) is 13.2. The number of ether oxygens (including phenoxy) is 1. The smallest absolute Gasteiger partial charge is 0.268 e. The second kappa shape index (κ2) is 13.3. The van der Waals surface area contributed by atoms with Gasteiger partial charge >= 0.3 is 0 Å². The number of phenols is 1. The van der Waals surface area contributed by atoms with E-state index in [1.807, 2.05) is 0 Å². The molecule has 0 aliphatic heterocycles. The molecule has 0 aromatic heterocycles. The number of rotatable bonds is 14. The molecule has 2 aromatic carbocycles. The minimum atomic E-state index is -2.55. The third kappa shape index (κ3) is 7.99. The standard InChI is InChI=1S/C23H31F2NO4/c24-23(25)22(17-8-4-3-5-9-17)30-13-7-2-1-6-12-26-15-21(29)18-10-11-20(28)19(14-18)16-27/h3-5,8-11,14,21-23,26-29H,1-2,6-7,12-13,15-16H2. The van der Waals surface area contributed by atoms with Crippen LogP contribution < -0.4 is 5.32 Å². The highest BCUT2D eigenvalue weighted by Gasteiger charge is 2.22. The molecule has 166 valence electrons. The van der Waals surface area contributed by atoms with Crippen LogP contribution in [0.4, 0.5) is 8.78 Å². The molecule has 0 bridgehead atoms. The molecule has 2 rings (SSSR count). The van der Waals surface area contributed by atoms with Gasteiger partial charge in [0.05, 0.1) is 12.7 Å². The van der Waals surface area contributed by atoms with Crippen LogP contribution in [0.15, 0.2) is 48.5 Å². The molecule has 2 atom stereocenters. The van der Waals surface area contributed by atoms with Crippen LogP contribution >= 0.6 is 0 Å². The Bertz CT molecular complexity index is 730. The van der Waals surface area contributed by atoms with Gasteiger partial charge in [0, 0.05) is 18.7 Å². The van der Waals surface area contributed by atoms with Crippen LogP contribution in [0.25, 0.3) is 0 Å². The minimum absolute atomic E-state index is 0.00836. The lowest BCUT2D eigenvalue weighted by molar-refractivity contribution is -0.0588. The Morgan fingerprint density at radius 2 is 1.67 bits per heavy atom. The topological polar surface area (TPSA) is 82.0 Å². The van der Waals surface area contributed by atoms with Crippen molar-refractivity contribution in [3.05, 3.63) is 65.2 Å². The molecule has 0 radical (unpaired) electrons. The lowest BCUT2D eigenvalue weighted by Gasteiger charge is -2.17. The Labute approximate surface area is 176 Å². The number of hydrogen-bond acceptors (Lipinski definition) is 5. The molecular formula is C23H31F2NO4. The van der Waals surface area contributed by atoms with Gasteiger partial charge in [-0.2, -0.15) is 0 Å². The first-order valence-electron chi connectivity index (χ1n) is 10.3. The summed E-state index contributed by atoms with van der Waals surface area (Å²) >= 11 is 0.